The molecule has 0 bridgehead atoms. The predicted octanol–water partition coefficient (Wildman–Crippen LogP) is 3.41. The van der Waals surface area contributed by atoms with Gasteiger partial charge in [-0.15, -0.1) is 0 Å². The number of carbonyl (C=O) groups is 3. The number of ether oxygens (including phenoxy) is 1. The van der Waals surface area contributed by atoms with Crippen molar-refractivity contribution in [2.45, 2.75) is 50.1 Å². The number of hydrogen-bond acceptors (Lipinski definition) is 5. The zero-order chi connectivity index (χ0) is 25.9. The fourth-order valence-corrected chi connectivity index (χ4v) is 5.81. The van der Waals surface area contributed by atoms with Crippen molar-refractivity contribution in [3.8, 4) is 5.75 Å². The predicted molar refractivity (Wildman–Crippen MR) is 139 cm³/mol. The molecule has 2 fully saturated rings. The zero-order valence-electron chi connectivity index (χ0n) is 21.0. The van der Waals surface area contributed by atoms with Gasteiger partial charge in [0, 0.05) is 35.7 Å². The molecule has 0 radical (unpaired) electrons. The van der Waals surface area contributed by atoms with Gasteiger partial charge in [-0.1, -0.05) is 36.4 Å². The van der Waals surface area contributed by atoms with Gasteiger partial charge in [-0.25, -0.2) is 0 Å². The number of nitrogens with zero attached hydrogens (tertiary/aromatic N) is 1. The summed E-state index contributed by atoms with van der Waals surface area (Å²) in [6.45, 7) is 0.151. The Labute approximate surface area is 216 Å². The van der Waals surface area contributed by atoms with Crippen LogP contribution in [0, 0.1) is 5.92 Å². The SMILES string of the molecule is COc1cccc2[nH]c(C(=O)N3C[C@H](c4ccccc4)C[C@H]3C(=O)N[C@H](CO)C[C@@H]3CCCC3=O)cc12. The smallest absolute Gasteiger partial charge is 0.271 e. The molecule has 1 aromatic heterocycles. The van der Waals surface area contributed by atoms with E-state index in [4.69, 9.17) is 4.74 Å². The molecule has 2 amide bonds. The number of rotatable bonds is 8. The number of amides is 2. The molecule has 4 atom stereocenters. The number of ketones is 1. The molecule has 8 nitrogen and oxygen atoms in total. The van der Waals surface area contributed by atoms with Crippen LogP contribution in [0.25, 0.3) is 10.9 Å². The quantitative estimate of drug-likeness (QED) is 0.436. The number of carbonyl (C=O) groups excluding carboxylic acids is 3. The molecular weight excluding hydrogens is 470 g/mol. The third-order valence-corrected chi connectivity index (χ3v) is 7.78. The maximum absolute atomic E-state index is 13.8. The van der Waals surface area contributed by atoms with Crippen molar-refractivity contribution < 1.29 is 24.2 Å². The van der Waals surface area contributed by atoms with Gasteiger partial charge in [0.25, 0.3) is 5.91 Å². The molecule has 1 saturated carbocycles. The number of nitrogens with one attached hydrogen (secondary N) is 2. The fourth-order valence-electron chi connectivity index (χ4n) is 5.81. The Morgan fingerprint density at radius 2 is 2.00 bits per heavy atom. The number of aromatic nitrogens is 1. The average molecular weight is 504 g/mol. The first kappa shape index (κ1) is 25.0. The Hall–Kier alpha value is -3.65. The number of likely N-dealkylation sites (tertiary alicyclic amines) is 1. The molecule has 0 unspecified atom stereocenters. The third kappa shape index (κ3) is 5.11. The summed E-state index contributed by atoms with van der Waals surface area (Å²) in [5, 5.41) is 13.7. The van der Waals surface area contributed by atoms with Crippen molar-refractivity contribution in [3.63, 3.8) is 0 Å². The second-order valence-electron chi connectivity index (χ2n) is 10.1. The van der Waals surface area contributed by atoms with Crippen LogP contribution >= 0.6 is 0 Å². The van der Waals surface area contributed by atoms with Crippen LogP contribution in [0.3, 0.4) is 0 Å². The van der Waals surface area contributed by atoms with Crippen molar-refractivity contribution in [1.29, 1.82) is 0 Å². The van der Waals surface area contributed by atoms with Gasteiger partial charge < -0.3 is 25.0 Å². The number of aromatic amines is 1. The first-order valence-electron chi connectivity index (χ1n) is 12.9. The lowest BCUT2D eigenvalue weighted by atomic mass is 9.95. The highest BCUT2D eigenvalue weighted by Gasteiger charge is 2.41. The van der Waals surface area contributed by atoms with Crippen molar-refractivity contribution >= 4 is 28.5 Å². The molecule has 1 aliphatic heterocycles. The van der Waals surface area contributed by atoms with E-state index < -0.39 is 12.1 Å². The number of aliphatic hydroxyl groups is 1. The molecule has 1 aliphatic carbocycles. The highest BCUT2D eigenvalue weighted by Crippen LogP contribution is 2.34. The second kappa shape index (κ2) is 10.8. The number of fused-ring (bicyclic) bond motifs is 1. The van der Waals surface area contributed by atoms with Gasteiger partial charge in [0.2, 0.25) is 5.91 Å². The minimum Gasteiger partial charge on any atom is -0.496 e. The summed E-state index contributed by atoms with van der Waals surface area (Å²) in [5.41, 5.74) is 2.24. The number of benzene rings is 2. The molecule has 2 aromatic carbocycles. The van der Waals surface area contributed by atoms with Gasteiger partial charge in [-0.05, 0) is 49.4 Å². The van der Waals surface area contributed by atoms with Gasteiger partial charge in [-0.2, -0.15) is 0 Å². The number of aliphatic hydroxyl groups excluding tert-OH is 1. The lowest BCUT2D eigenvalue weighted by molar-refractivity contribution is -0.127. The minimum atomic E-state index is -0.695. The summed E-state index contributed by atoms with van der Waals surface area (Å²) in [4.78, 5) is 44.2. The van der Waals surface area contributed by atoms with Crippen LogP contribution in [0.4, 0.5) is 0 Å². The molecule has 5 rings (SSSR count). The summed E-state index contributed by atoms with van der Waals surface area (Å²) in [6.07, 6.45) is 3.11. The summed E-state index contributed by atoms with van der Waals surface area (Å²) >= 11 is 0. The zero-order valence-corrected chi connectivity index (χ0v) is 21.0. The van der Waals surface area contributed by atoms with Gasteiger partial charge in [0.05, 0.1) is 19.8 Å². The molecule has 8 heteroatoms. The van der Waals surface area contributed by atoms with Gasteiger partial charge >= 0.3 is 0 Å². The fraction of sp³-hybridized carbons (Fsp3) is 0.414. The number of Topliss-reactive ketones (excluding diaryl/α,β-unsaturated/α-hetero) is 1. The van der Waals surface area contributed by atoms with E-state index in [2.05, 4.69) is 10.3 Å². The number of hydrogen-bond donors (Lipinski definition) is 3. The normalized spacial score (nSPS) is 22.4. The highest BCUT2D eigenvalue weighted by molar-refractivity contribution is 6.02. The van der Waals surface area contributed by atoms with Gasteiger partial charge in [-0.3, -0.25) is 14.4 Å². The van der Waals surface area contributed by atoms with Crippen LogP contribution in [0.2, 0.25) is 0 Å². The van der Waals surface area contributed by atoms with Crippen molar-refractivity contribution in [1.82, 2.24) is 15.2 Å². The molecule has 2 heterocycles. The van der Waals surface area contributed by atoms with E-state index in [9.17, 15) is 19.5 Å². The molecule has 3 N–H and O–H groups in total. The van der Waals surface area contributed by atoms with E-state index >= 15 is 0 Å². The molecule has 3 aromatic rings. The van der Waals surface area contributed by atoms with E-state index in [1.54, 1.807) is 18.1 Å². The minimum absolute atomic E-state index is 0.00352. The standard InChI is InChI=1S/C29H33N3O5/c1-37-27-12-6-10-23-22(27)15-24(31-23)29(36)32-16-20(18-7-3-2-4-8-18)14-25(32)28(35)30-21(17-33)13-19-9-5-11-26(19)34/h2-4,6-8,10,12,15,19-21,25,31,33H,5,9,11,13-14,16-17H2,1H3,(H,30,35)/t19-,20+,21-,25-/m0/s1. The molecule has 1 saturated heterocycles. The summed E-state index contributed by atoms with van der Waals surface area (Å²) in [5.74, 6) is 0.177. The van der Waals surface area contributed by atoms with Crippen LogP contribution in [0.1, 0.15) is 54.1 Å². The first-order valence-corrected chi connectivity index (χ1v) is 12.9. The van der Waals surface area contributed by atoms with Crippen LogP contribution in [0.5, 0.6) is 5.75 Å². The monoisotopic (exact) mass is 503 g/mol. The topological polar surface area (TPSA) is 112 Å². The molecule has 2 aliphatic rings. The Morgan fingerprint density at radius 1 is 1.19 bits per heavy atom. The summed E-state index contributed by atoms with van der Waals surface area (Å²) in [7, 11) is 1.59. The lowest BCUT2D eigenvalue weighted by Gasteiger charge is -2.26. The maximum Gasteiger partial charge on any atom is 0.271 e. The number of H-pyrrole nitrogens is 1. The Bertz CT molecular complexity index is 1290. The summed E-state index contributed by atoms with van der Waals surface area (Å²) in [6, 6.07) is 16.0. The Kier molecular flexibility index (Phi) is 7.28. The Balaban J connectivity index is 1.39. The van der Waals surface area contributed by atoms with Gasteiger partial charge in [0.1, 0.15) is 23.3 Å². The number of methoxy groups -OCH3 is 1. The van der Waals surface area contributed by atoms with E-state index in [1.165, 1.54) is 0 Å². The van der Waals surface area contributed by atoms with Gasteiger partial charge in [0.15, 0.2) is 0 Å². The van der Waals surface area contributed by atoms with E-state index in [-0.39, 0.29) is 36.0 Å². The maximum atomic E-state index is 13.8. The van der Waals surface area contributed by atoms with E-state index in [0.717, 1.165) is 29.3 Å². The van der Waals surface area contributed by atoms with Crippen LogP contribution < -0.4 is 10.1 Å². The second-order valence-corrected chi connectivity index (χ2v) is 10.1. The van der Waals surface area contributed by atoms with Crippen molar-refractivity contribution in [2.24, 2.45) is 5.92 Å². The largest absolute Gasteiger partial charge is 0.496 e. The molecule has 37 heavy (non-hydrogen) atoms. The van der Waals surface area contributed by atoms with Crippen LogP contribution in [0.15, 0.2) is 54.6 Å². The van der Waals surface area contributed by atoms with Crippen molar-refractivity contribution in [2.75, 3.05) is 20.3 Å². The van der Waals surface area contributed by atoms with Crippen LogP contribution in [-0.2, 0) is 9.59 Å². The summed E-state index contributed by atoms with van der Waals surface area (Å²) < 4.78 is 5.44. The third-order valence-electron chi connectivity index (χ3n) is 7.78. The molecular formula is C29H33N3O5. The van der Waals surface area contributed by atoms with E-state index in [0.29, 0.717) is 37.3 Å². The van der Waals surface area contributed by atoms with E-state index in [1.807, 2.05) is 48.5 Å². The highest BCUT2D eigenvalue weighted by atomic mass is 16.5. The molecule has 194 valence electrons. The average Bonchev–Trinajstić information content (AvgIpc) is 3.66. The Morgan fingerprint density at radius 3 is 2.70 bits per heavy atom. The molecule has 0 spiro atoms. The lowest BCUT2D eigenvalue weighted by Crippen LogP contribution is -2.50. The first-order chi connectivity index (χ1) is 18.0. The van der Waals surface area contributed by atoms with Crippen molar-refractivity contribution in [3.05, 3.63) is 65.9 Å². The van der Waals surface area contributed by atoms with Crippen LogP contribution in [-0.4, -0.2) is 64.9 Å².